The van der Waals surface area contributed by atoms with E-state index in [0.717, 1.165) is 30.7 Å². The molecule has 1 aromatic carbocycles. The van der Waals surface area contributed by atoms with Gasteiger partial charge in [-0.3, -0.25) is 14.3 Å². The number of fused-ring (bicyclic) bond motifs is 1. The first-order valence-electron chi connectivity index (χ1n) is 9.99. The van der Waals surface area contributed by atoms with E-state index in [0.29, 0.717) is 30.0 Å². The number of aromatic amines is 1. The SMILES string of the molecule is Cc1c(N2CCC(Cc3nc(N)cs3)C2)c(F)c(O)c2c(=O)[nH]c(=O)n(C3CC3)c12. The van der Waals surface area contributed by atoms with Gasteiger partial charge in [-0.25, -0.2) is 14.2 Å². The second kappa shape index (κ2) is 6.83. The van der Waals surface area contributed by atoms with Crippen LogP contribution >= 0.6 is 11.3 Å². The highest BCUT2D eigenvalue weighted by Gasteiger charge is 2.33. The van der Waals surface area contributed by atoms with Gasteiger partial charge in [0.2, 0.25) is 0 Å². The third-order valence-corrected chi connectivity index (χ3v) is 6.94. The van der Waals surface area contributed by atoms with E-state index in [1.807, 2.05) is 10.3 Å². The van der Waals surface area contributed by atoms with Crippen LogP contribution in [0.3, 0.4) is 0 Å². The van der Waals surface area contributed by atoms with Crippen molar-refractivity contribution < 1.29 is 9.50 Å². The predicted molar refractivity (Wildman–Crippen MR) is 114 cm³/mol. The molecule has 3 heterocycles. The lowest BCUT2D eigenvalue weighted by Crippen LogP contribution is -2.31. The Morgan fingerprint density at radius 2 is 2.13 bits per heavy atom. The number of nitrogens with two attached hydrogens (primary N) is 1. The van der Waals surface area contributed by atoms with Gasteiger partial charge in [-0.15, -0.1) is 11.3 Å². The Morgan fingerprint density at radius 1 is 1.37 bits per heavy atom. The number of phenols is 1. The summed E-state index contributed by atoms with van der Waals surface area (Å²) < 4.78 is 16.8. The molecule has 2 aromatic heterocycles. The summed E-state index contributed by atoms with van der Waals surface area (Å²) in [4.78, 5) is 33.3. The van der Waals surface area contributed by atoms with Crippen molar-refractivity contribution in [3.05, 3.63) is 42.6 Å². The number of nitrogens with one attached hydrogen (secondary N) is 1. The quantitative estimate of drug-likeness (QED) is 0.583. The maximum absolute atomic E-state index is 15.3. The molecule has 1 aliphatic heterocycles. The third-order valence-electron chi connectivity index (χ3n) is 6.05. The second-order valence-electron chi connectivity index (χ2n) is 8.19. The van der Waals surface area contributed by atoms with Gasteiger partial charge in [-0.1, -0.05) is 0 Å². The van der Waals surface area contributed by atoms with Crippen molar-refractivity contribution in [3.63, 3.8) is 0 Å². The molecule has 8 nitrogen and oxygen atoms in total. The van der Waals surface area contributed by atoms with E-state index in [1.54, 1.807) is 6.92 Å². The van der Waals surface area contributed by atoms with Crippen LogP contribution in [0.5, 0.6) is 5.75 Å². The van der Waals surface area contributed by atoms with Gasteiger partial charge >= 0.3 is 5.69 Å². The lowest BCUT2D eigenvalue weighted by atomic mass is 10.0. The molecule has 0 radical (unpaired) electrons. The van der Waals surface area contributed by atoms with Gasteiger partial charge in [0.05, 0.1) is 16.2 Å². The number of benzene rings is 1. The van der Waals surface area contributed by atoms with Crippen LogP contribution in [0.4, 0.5) is 15.9 Å². The highest BCUT2D eigenvalue weighted by Crippen LogP contribution is 2.42. The summed E-state index contributed by atoms with van der Waals surface area (Å²) in [7, 11) is 0. The molecular weight excluding hydrogens is 409 g/mol. The fourth-order valence-corrected chi connectivity index (χ4v) is 5.36. The van der Waals surface area contributed by atoms with E-state index in [2.05, 4.69) is 9.97 Å². The Labute approximate surface area is 174 Å². The normalized spacial score (nSPS) is 19.1. The molecule has 1 saturated carbocycles. The fourth-order valence-electron chi connectivity index (χ4n) is 4.56. The average molecular weight is 431 g/mol. The number of anilines is 2. The monoisotopic (exact) mass is 431 g/mol. The van der Waals surface area contributed by atoms with E-state index in [4.69, 9.17) is 5.73 Å². The summed E-state index contributed by atoms with van der Waals surface area (Å²) in [5.74, 6) is -0.727. The third kappa shape index (κ3) is 2.97. The summed E-state index contributed by atoms with van der Waals surface area (Å²) >= 11 is 1.51. The Kier molecular flexibility index (Phi) is 4.35. The summed E-state index contributed by atoms with van der Waals surface area (Å²) in [6, 6.07) is -0.0325. The molecule has 2 fully saturated rings. The van der Waals surface area contributed by atoms with Crippen LogP contribution in [0.1, 0.15) is 35.9 Å². The first kappa shape index (κ1) is 19.1. The zero-order valence-corrected chi connectivity index (χ0v) is 17.3. The lowest BCUT2D eigenvalue weighted by molar-refractivity contribution is 0.437. The number of thiazole rings is 1. The highest BCUT2D eigenvalue weighted by atomic mass is 32.1. The van der Waals surface area contributed by atoms with Crippen LogP contribution in [0.2, 0.25) is 0 Å². The Hall–Kier alpha value is -2.88. The Morgan fingerprint density at radius 3 is 2.80 bits per heavy atom. The maximum Gasteiger partial charge on any atom is 0.329 e. The first-order chi connectivity index (χ1) is 14.3. The van der Waals surface area contributed by atoms with Crippen LogP contribution in [-0.2, 0) is 6.42 Å². The van der Waals surface area contributed by atoms with Gasteiger partial charge in [0.15, 0.2) is 11.6 Å². The number of nitrogen functional groups attached to an aromatic ring is 1. The number of rotatable bonds is 4. The average Bonchev–Trinajstić information content (AvgIpc) is 3.29. The Balaban J connectivity index is 1.59. The van der Waals surface area contributed by atoms with E-state index in [-0.39, 0.29) is 23.0 Å². The molecule has 0 bridgehead atoms. The van der Waals surface area contributed by atoms with Gasteiger partial charge in [-0.2, -0.15) is 0 Å². The molecule has 30 heavy (non-hydrogen) atoms. The van der Waals surface area contributed by atoms with Crippen LogP contribution in [-0.4, -0.2) is 32.7 Å². The van der Waals surface area contributed by atoms with Gasteiger partial charge in [0.25, 0.3) is 5.56 Å². The molecule has 10 heteroatoms. The first-order valence-corrected chi connectivity index (χ1v) is 10.9. The molecule has 1 aliphatic carbocycles. The number of halogens is 1. The van der Waals surface area contributed by atoms with Crippen molar-refractivity contribution in [1.29, 1.82) is 0 Å². The van der Waals surface area contributed by atoms with E-state index in [1.165, 1.54) is 15.9 Å². The van der Waals surface area contributed by atoms with Crippen LogP contribution in [0.15, 0.2) is 15.0 Å². The van der Waals surface area contributed by atoms with Crippen molar-refractivity contribution in [2.45, 2.75) is 38.6 Å². The molecule has 0 spiro atoms. The molecular formula is C20H22FN5O3S. The minimum Gasteiger partial charge on any atom is -0.504 e. The largest absolute Gasteiger partial charge is 0.504 e. The highest BCUT2D eigenvalue weighted by molar-refractivity contribution is 7.10. The van der Waals surface area contributed by atoms with Gasteiger partial charge in [0.1, 0.15) is 11.2 Å². The van der Waals surface area contributed by atoms with Crippen LogP contribution < -0.4 is 21.9 Å². The van der Waals surface area contributed by atoms with Crippen LogP contribution in [0.25, 0.3) is 10.9 Å². The standard InChI is InChI=1S/C20H22FN5O3S/c1-9-16-14(19(28)24-20(29)26(16)11-2-3-11)18(27)15(21)17(9)25-5-4-10(7-25)6-13-23-12(22)8-30-13/h8,10-11,27H,2-7,22H2,1H3,(H,24,28,29). The van der Waals surface area contributed by atoms with Gasteiger partial charge in [-0.05, 0) is 32.1 Å². The number of H-pyrrole nitrogens is 1. The number of hydrogen-bond acceptors (Lipinski definition) is 7. The predicted octanol–water partition coefficient (Wildman–Crippen LogP) is 2.29. The molecule has 1 unspecified atom stereocenters. The number of aromatic hydroxyl groups is 1. The lowest BCUT2D eigenvalue weighted by Gasteiger charge is -2.24. The number of aryl methyl sites for hydroxylation is 1. The zero-order valence-electron chi connectivity index (χ0n) is 16.4. The molecule has 5 rings (SSSR count). The van der Waals surface area contributed by atoms with Gasteiger partial charge in [0, 0.05) is 36.5 Å². The van der Waals surface area contributed by atoms with Gasteiger partial charge < -0.3 is 15.7 Å². The van der Waals surface area contributed by atoms with Crippen molar-refractivity contribution >= 4 is 33.7 Å². The topological polar surface area (TPSA) is 117 Å². The van der Waals surface area contributed by atoms with Crippen molar-refractivity contribution in [2.24, 2.45) is 5.92 Å². The second-order valence-corrected chi connectivity index (χ2v) is 9.13. The molecule has 0 amide bonds. The number of hydrogen-bond donors (Lipinski definition) is 3. The Bertz CT molecular complexity index is 1280. The number of phenolic OH excluding ortho intramolecular Hbond substituents is 1. The van der Waals surface area contributed by atoms with E-state index >= 15 is 4.39 Å². The van der Waals surface area contributed by atoms with Crippen molar-refractivity contribution in [1.82, 2.24) is 14.5 Å². The minimum atomic E-state index is -0.814. The summed E-state index contributed by atoms with van der Waals surface area (Å²) in [5.41, 5.74) is 5.52. The van der Waals surface area contributed by atoms with Crippen molar-refractivity contribution in [3.8, 4) is 5.75 Å². The molecule has 1 atom stereocenters. The van der Waals surface area contributed by atoms with E-state index in [9.17, 15) is 14.7 Å². The molecule has 1 saturated heterocycles. The molecule has 158 valence electrons. The van der Waals surface area contributed by atoms with Crippen molar-refractivity contribution in [2.75, 3.05) is 23.7 Å². The zero-order chi connectivity index (χ0) is 21.2. The minimum absolute atomic E-state index is 0.0325. The molecule has 4 N–H and O–H groups in total. The van der Waals surface area contributed by atoms with Crippen LogP contribution in [0, 0.1) is 18.7 Å². The molecule has 2 aliphatic rings. The summed E-state index contributed by atoms with van der Waals surface area (Å²) in [5, 5.41) is 13.2. The fraction of sp³-hybridized carbons (Fsp3) is 0.450. The number of aromatic nitrogens is 3. The van der Waals surface area contributed by atoms with E-state index < -0.39 is 22.8 Å². The number of nitrogens with zero attached hydrogens (tertiary/aromatic N) is 3. The summed E-state index contributed by atoms with van der Waals surface area (Å²) in [6.45, 7) is 2.93. The maximum atomic E-state index is 15.3. The smallest absolute Gasteiger partial charge is 0.329 e. The molecule has 3 aromatic rings. The summed E-state index contributed by atoms with van der Waals surface area (Å²) in [6.07, 6.45) is 3.24.